The number of rotatable bonds is 4. The number of benzene rings is 4. The number of phenolic OH excluding ortho intramolecular Hbond substituents is 4. The first-order chi connectivity index (χ1) is 14.9. The number of hydrogen-bond acceptors (Lipinski definition) is 4. The summed E-state index contributed by atoms with van der Waals surface area (Å²) < 4.78 is 0. The molecule has 0 aliphatic carbocycles. The Morgan fingerprint density at radius 1 is 0.452 bits per heavy atom. The molecule has 0 radical (unpaired) electrons. The molecule has 4 nitrogen and oxygen atoms in total. The van der Waals surface area contributed by atoms with Crippen molar-refractivity contribution in [1.29, 1.82) is 0 Å². The molecule has 0 atom stereocenters. The Balaban J connectivity index is 0.000000176. The normalized spacial score (nSPS) is 10.4. The van der Waals surface area contributed by atoms with E-state index in [0.29, 0.717) is 0 Å². The van der Waals surface area contributed by atoms with Crippen LogP contribution < -0.4 is 0 Å². The van der Waals surface area contributed by atoms with Gasteiger partial charge in [-0.05, 0) is 77.2 Å². The Hall–Kier alpha value is -3.92. The second-order valence-electron chi connectivity index (χ2n) is 7.41. The van der Waals surface area contributed by atoms with E-state index < -0.39 is 0 Å². The van der Waals surface area contributed by atoms with Gasteiger partial charge in [-0.1, -0.05) is 55.5 Å². The summed E-state index contributed by atoms with van der Waals surface area (Å²) in [6.07, 6.45) is 0.806. The molecule has 4 N–H and O–H groups in total. The van der Waals surface area contributed by atoms with Crippen LogP contribution in [0.4, 0.5) is 0 Å². The Morgan fingerprint density at radius 3 is 1.00 bits per heavy atom. The van der Waals surface area contributed by atoms with Gasteiger partial charge in [-0.15, -0.1) is 0 Å². The van der Waals surface area contributed by atoms with Crippen LogP contribution in [0.25, 0.3) is 0 Å². The van der Waals surface area contributed by atoms with Crippen LogP contribution in [0.1, 0.15) is 35.1 Å². The standard InChI is InChI=1S/C14H14O2.C13H12O2/c1-10(11-2-6-13(15)7-3-11)12-4-8-14(16)9-5-12;14-12-5-1-10(2-6-12)9-11-3-7-13(15)8-4-11/h2-10,15-16H,1H3;1-8,14-15H,9H2. The SMILES string of the molecule is CC(c1ccc(O)cc1)c1ccc(O)cc1.Oc1ccc(Cc2ccc(O)cc2)cc1. The maximum atomic E-state index is 9.21. The van der Waals surface area contributed by atoms with Crippen LogP contribution in [-0.4, -0.2) is 20.4 Å². The molecule has 4 rings (SSSR count). The molecule has 4 aromatic rings. The minimum atomic E-state index is 0.251. The molecule has 0 aliphatic heterocycles. The van der Waals surface area contributed by atoms with E-state index in [4.69, 9.17) is 10.2 Å². The molecular weight excluding hydrogens is 388 g/mol. The van der Waals surface area contributed by atoms with E-state index in [1.807, 2.05) is 48.5 Å². The maximum Gasteiger partial charge on any atom is 0.115 e. The highest BCUT2D eigenvalue weighted by Crippen LogP contribution is 2.26. The highest BCUT2D eigenvalue weighted by molar-refractivity contribution is 5.37. The predicted octanol–water partition coefficient (Wildman–Crippen LogP) is 5.94. The average molecular weight is 415 g/mol. The van der Waals surface area contributed by atoms with E-state index >= 15 is 0 Å². The average Bonchev–Trinajstić information content (AvgIpc) is 2.78. The molecule has 4 heteroatoms. The summed E-state index contributed by atoms with van der Waals surface area (Å²) in [6, 6.07) is 28.7. The summed E-state index contributed by atoms with van der Waals surface area (Å²) in [5.74, 6) is 1.37. The monoisotopic (exact) mass is 414 g/mol. The van der Waals surface area contributed by atoms with E-state index in [-0.39, 0.29) is 28.9 Å². The van der Waals surface area contributed by atoms with Crippen LogP contribution in [0.5, 0.6) is 23.0 Å². The Bertz CT molecular complexity index is 979. The van der Waals surface area contributed by atoms with Crippen molar-refractivity contribution in [3.05, 3.63) is 119 Å². The minimum absolute atomic E-state index is 0.251. The first-order valence-electron chi connectivity index (χ1n) is 10.0. The van der Waals surface area contributed by atoms with Gasteiger partial charge < -0.3 is 20.4 Å². The maximum absolute atomic E-state index is 9.21. The molecule has 158 valence electrons. The van der Waals surface area contributed by atoms with Crippen LogP contribution >= 0.6 is 0 Å². The second-order valence-corrected chi connectivity index (χ2v) is 7.41. The smallest absolute Gasteiger partial charge is 0.115 e. The summed E-state index contributed by atoms with van der Waals surface area (Å²) >= 11 is 0. The van der Waals surface area contributed by atoms with Crippen LogP contribution in [0.2, 0.25) is 0 Å². The zero-order chi connectivity index (χ0) is 22.2. The molecule has 0 heterocycles. The van der Waals surface area contributed by atoms with Crippen LogP contribution in [0, 0.1) is 0 Å². The van der Waals surface area contributed by atoms with Crippen molar-refractivity contribution in [3.63, 3.8) is 0 Å². The zero-order valence-electron chi connectivity index (χ0n) is 17.3. The Kier molecular flexibility index (Phi) is 7.17. The lowest BCUT2D eigenvalue weighted by Gasteiger charge is -2.12. The third kappa shape index (κ3) is 6.54. The molecule has 0 amide bonds. The van der Waals surface area contributed by atoms with Crippen LogP contribution in [0.3, 0.4) is 0 Å². The zero-order valence-corrected chi connectivity index (χ0v) is 17.3. The fraction of sp³-hybridized carbons (Fsp3) is 0.111. The largest absolute Gasteiger partial charge is 0.508 e. The van der Waals surface area contributed by atoms with Gasteiger partial charge >= 0.3 is 0 Å². The van der Waals surface area contributed by atoms with Gasteiger partial charge in [0.05, 0.1) is 0 Å². The second kappa shape index (κ2) is 10.2. The van der Waals surface area contributed by atoms with Gasteiger partial charge in [0.2, 0.25) is 0 Å². The van der Waals surface area contributed by atoms with E-state index in [2.05, 4.69) is 6.92 Å². The summed E-state index contributed by atoms with van der Waals surface area (Å²) in [7, 11) is 0. The van der Waals surface area contributed by atoms with Crippen LogP contribution in [0.15, 0.2) is 97.1 Å². The Morgan fingerprint density at radius 2 is 0.710 bits per heavy atom. The van der Waals surface area contributed by atoms with Gasteiger partial charge in [0.1, 0.15) is 23.0 Å². The van der Waals surface area contributed by atoms with Crippen molar-refractivity contribution in [2.75, 3.05) is 0 Å². The molecular formula is C27H26O4. The third-order valence-electron chi connectivity index (χ3n) is 5.07. The lowest BCUT2D eigenvalue weighted by molar-refractivity contribution is 0.474. The van der Waals surface area contributed by atoms with Crippen molar-refractivity contribution in [1.82, 2.24) is 0 Å². The minimum Gasteiger partial charge on any atom is -0.508 e. The first-order valence-corrected chi connectivity index (χ1v) is 10.0. The highest BCUT2D eigenvalue weighted by atomic mass is 16.3. The van der Waals surface area contributed by atoms with E-state index in [9.17, 15) is 10.2 Å². The van der Waals surface area contributed by atoms with Crippen molar-refractivity contribution in [2.24, 2.45) is 0 Å². The van der Waals surface area contributed by atoms with Gasteiger partial charge in [-0.2, -0.15) is 0 Å². The van der Waals surface area contributed by atoms with E-state index in [1.165, 1.54) is 0 Å². The van der Waals surface area contributed by atoms with Gasteiger partial charge in [0, 0.05) is 5.92 Å². The van der Waals surface area contributed by atoms with Crippen molar-refractivity contribution < 1.29 is 20.4 Å². The number of phenols is 4. The third-order valence-corrected chi connectivity index (χ3v) is 5.07. The lowest BCUT2D eigenvalue weighted by Crippen LogP contribution is -1.94. The Labute approximate surface area is 182 Å². The predicted molar refractivity (Wildman–Crippen MR) is 123 cm³/mol. The molecule has 0 bridgehead atoms. The van der Waals surface area contributed by atoms with E-state index in [1.54, 1.807) is 48.5 Å². The molecule has 0 saturated carbocycles. The van der Waals surface area contributed by atoms with Crippen molar-refractivity contribution in [2.45, 2.75) is 19.3 Å². The molecule has 0 aromatic heterocycles. The van der Waals surface area contributed by atoms with Gasteiger partial charge in [-0.25, -0.2) is 0 Å². The first kappa shape index (κ1) is 21.8. The molecule has 0 spiro atoms. The molecule has 4 aromatic carbocycles. The topological polar surface area (TPSA) is 80.9 Å². The summed E-state index contributed by atoms with van der Waals surface area (Å²) in [5, 5.41) is 36.7. The summed E-state index contributed by atoms with van der Waals surface area (Å²) in [4.78, 5) is 0. The van der Waals surface area contributed by atoms with Crippen LogP contribution in [-0.2, 0) is 6.42 Å². The van der Waals surface area contributed by atoms with Crippen molar-refractivity contribution in [3.8, 4) is 23.0 Å². The molecule has 0 saturated heterocycles. The molecule has 31 heavy (non-hydrogen) atoms. The molecule has 0 unspecified atom stereocenters. The van der Waals surface area contributed by atoms with Gasteiger partial charge in [0.15, 0.2) is 0 Å². The summed E-state index contributed by atoms with van der Waals surface area (Å²) in [6.45, 7) is 2.10. The highest BCUT2D eigenvalue weighted by Gasteiger charge is 2.07. The van der Waals surface area contributed by atoms with Gasteiger partial charge in [0.25, 0.3) is 0 Å². The summed E-state index contributed by atoms with van der Waals surface area (Å²) in [5.41, 5.74) is 4.56. The number of hydrogen-bond donors (Lipinski definition) is 4. The van der Waals surface area contributed by atoms with Crippen molar-refractivity contribution >= 4 is 0 Å². The van der Waals surface area contributed by atoms with Gasteiger partial charge in [-0.3, -0.25) is 0 Å². The molecule has 0 aliphatic rings. The molecule has 0 fully saturated rings. The quantitative estimate of drug-likeness (QED) is 0.333. The van der Waals surface area contributed by atoms with E-state index in [0.717, 1.165) is 28.7 Å². The fourth-order valence-electron chi connectivity index (χ4n) is 3.18. The number of aromatic hydroxyl groups is 4. The fourth-order valence-corrected chi connectivity index (χ4v) is 3.18. The lowest BCUT2D eigenvalue weighted by atomic mass is 9.93.